The van der Waals surface area contributed by atoms with E-state index in [0.29, 0.717) is 0 Å². The van der Waals surface area contributed by atoms with Crippen LogP contribution in [0.2, 0.25) is 0 Å². The van der Waals surface area contributed by atoms with Gasteiger partial charge in [0, 0.05) is 13.2 Å². The van der Waals surface area contributed by atoms with Crippen molar-refractivity contribution in [3.8, 4) is 0 Å². The molecule has 2 fully saturated rings. The Hall–Kier alpha value is -0.560. The lowest BCUT2D eigenvalue weighted by Gasteiger charge is -2.30. The highest BCUT2D eigenvalue weighted by molar-refractivity contribution is 5.07. The third kappa shape index (κ3) is 15.5. The predicted molar refractivity (Wildman–Crippen MR) is 198 cm³/mol. The van der Waals surface area contributed by atoms with Crippen LogP contribution in [-0.2, 0) is 4.74 Å². The molecule has 1 nitrogen and oxygen atoms in total. The van der Waals surface area contributed by atoms with Gasteiger partial charge in [0.25, 0.3) is 0 Å². The Kier molecular flexibility index (Phi) is 19.0. The zero-order valence-corrected chi connectivity index (χ0v) is 30.7. The quantitative estimate of drug-likeness (QED) is 0.0862. The van der Waals surface area contributed by atoms with E-state index < -0.39 is 0 Å². The van der Waals surface area contributed by atoms with Gasteiger partial charge in [0.1, 0.15) is 0 Å². The van der Waals surface area contributed by atoms with Gasteiger partial charge in [-0.3, -0.25) is 0 Å². The van der Waals surface area contributed by atoms with E-state index in [-0.39, 0.29) is 0 Å². The first-order valence-corrected chi connectivity index (χ1v) is 21.1. The van der Waals surface area contributed by atoms with Crippen molar-refractivity contribution in [3.05, 3.63) is 23.3 Å². The highest BCUT2D eigenvalue weighted by Gasteiger charge is 2.24. The van der Waals surface area contributed by atoms with Gasteiger partial charge in [-0.2, -0.15) is 0 Å². The Bertz CT molecular complexity index is 726. The Morgan fingerprint density at radius 1 is 0.444 bits per heavy atom. The molecule has 260 valence electrons. The lowest BCUT2D eigenvalue weighted by molar-refractivity contribution is 0.129. The van der Waals surface area contributed by atoms with Crippen LogP contribution in [0.5, 0.6) is 0 Å². The average Bonchev–Trinajstić information content (AvgIpc) is 3.08. The number of rotatable bonds is 22. The molecule has 0 spiro atoms. The molecule has 0 N–H and O–H groups in total. The maximum absolute atomic E-state index is 6.08. The Labute approximate surface area is 282 Å². The summed E-state index contributed by atoms with van der Waals surface area (Å²) in [6.45, 7) is 6.59. The van der Waals surface area contributed by atoms with Gasteiger partial charge in [-0.15, -0.1) is 0 Å². The fourth-order valence-corrected chi connectivity index (χ4v) is 9.70. The molecule has 0 aromatic rings. The van der Waals surface area contributed by atoms with Crippen molar-refractivity contribution in [2.45, 2.75) is 206 Å². The number of unbranched alkanes of at least 4 members (excludes halogenated alkanes) is 4. The topological polar surface area (TPSA) is 9.23 Å². The van der Waals surface area contributed by atoms with Crippen molar-refractivity contribution in [3.63, 3.8) is 0 Å². The van der Waals surface area contributed by atoms with Crippen LogP contribution in [0.3, 0.4) is 0 Å². The number of ether oxygens (including phenoxy) is 1. The molecular weight excluding hydrogens is 544 g/mol. The molecule has 4 aliphatic carbocycles. The summed E-state index contributed by atoms with van der Waals surface area (Å²) < 4.78 is 6.08. The van der Waals surface area contributed by atoms with Gasteiger partial charge in [-0.05, 0) is 113 Å². The first-order valence-electron chi connectivity index (χ1n) is 21.1. The van der Waals surface area contributed by atoms with E-state index in [1.165, 1.54) is 193 Å². The highest BCUT2D eigenvalue weighted by atomic mass is 16.5. The number of allylic oxidation sites excluding steroid dienone is 4. The molecule has 0 aliphatic heterocycles. The molecule has 0 aromatic carbocycles. The summed E-state index contributed by atoms with van der Waals surface area (Å²) in [4.78, 5) is 0. The minimum absolute atomic E-state index is 0.962. The van der Waals surface area contributed by atoms with Gasteiger partial charge in [0.2, 0.25) is 0 Å². The molecule has 4 aliphatic rings. The molecule has 0 aromatic heterocycles. The van der Waals surface area contributed by atoms with E-state index in [4.69, 9.17) is 4.74 Å². The molecule has 1 heteroatoms. The largest absolute Gasteiger partial charge is 0.381 e. The van der Waals surface area contributed by atoms with Crippen molar-refractivity contribution < 1.29 is 4.74 Å². The second-order valence-corrected chi connectivity index (χ2v) is 16.7. The van der Waals surface area contributed by atoms with Crippen molar-refractivity contribution in [1.29, 1.82) is 0 Å². The van der Waals surface area contributed by atoms with Crippen molar-refractivity contribution in [2.24, 2.45) is 35.5 Å². The molecule has 0 radical (unpaired) electrons. The van der Waals surface area contributed by atoms with Crippen LogP contribution in [0, 0.1) is 35.5 Å². The number of hydrogen-bond donors (Lipinski definition) is 0. The summed E-state index contributed by atoms with van der Waals surface area (Å²) in [5.41, 5.74) is 3.47. The Balaban J connectivity index is 0.933. The lowest BCUT2D eigenvalue weighted by Crippen LogP contribution is -2.16. The van der Waals surface area contributed by atoms with Crippen LogP contribution in [-0.4, -0.2) is 13.2 Å². The summed E-state index contributed by atoms with van der Waals surface area (Å²) in [6.07, 6.45) is 48.5. The minimum Gasteiger partial charge on any atom is -0.381 e. The van der Waals surface area contributed by atoms with Gasteiger partial charge in [0.05, 0.1) is 0 Å². The second-order valence-electron chi connectivity index (χ2n) is 16.7. The minimum atomic E-state index is 0.962. The van der Waals surface area contributed by atoms with Gasteiger partial charge in [-0.1, -0.05) is 153 Å². The zero-order chi connectivity index (χ0) is 31.4. The molecule has 0 heterocycles. The SMILES string of the molecule is CCCCCC1CCC(CCC2CC=C(CCCOCCCC3=CCC(CCC4CCC(CCCCC)CC4)CC3)CC2)CC1. The molecule has 0 bridgehead atoms. The number of hydrogen-bond acceptors (Lipinski definition) is 1. The van der Waals surface area contributed by atoms with Crippen molar-refractivity contribution in [1.82, 2.24) is 0 Å². The molecule has 2 unspecified atom stereocenters. The fourth-order valence-electron chi connectivity index (χ4n) is 9.70. The Morgan fingerprint density at radius 2 is 0.822 bits per heavy atom. The molecule has 0 amide bonds. The molecular formula is C44H78O. The lowest BCUT2D eigenvalue weighted by atomic mass is 9.76. The summed E-state index contributed by atoms with van der Waals surface area (Å²) in [6, 6.07) is 0. The van der Waals surface area contributed by atoms with Gasteiger partial charge < -0.3 is 4.74 Å². The average molecular weight is 623 g/mol. The summed E-state index contributed by atoms with van der Waals surface area (Å²) >= 11 is 0. The third-order valence-electron chi connectivity index (χ3n) is 13.1. The first kappa shape index (κ1) is 37.3. The highest BCUT2D eigenvalue weighted by Crippen LogP contribution is 2.38. The van der Waals surface area contributed by atoms with E-state index in [1.807, 2.05) is 0 Å². The molecule has 0 saturated heterocycles. The third-order valence-corrected chi connectivity index (χ3v) is 13.1. The Morgan fingerprint density at radius 3 is 1.18 bits per heavy atom. The van der Waals surface area contributed by atoms with E-state index in [1.54, 1.807) is 11.1 Å². The van der Waals surface area contributed by atoms with Crippen LogP contribution in [0.15, 0.2) is 23.3 Å². The van der Waals surface area contributed by atoms with Gasteiger partial charge in [0.15, 0.2) is 0 Å². The van der Waals surface area contributed by atoms with Crippen LogP contribution in [0.4, 0.5) is 0 Å². The van der Waals surface area contributed by atoms with E-state index in [0.717, 1.165) is 48.7 Å². The van der Waals surface area contributed by atoms with Crippen LogP contribution in [0.1, 0.15) is 206 Å². The molecule has 45 heavy (non-hydrogen) atoms. The fraction of sp³-hybridized carbons (Fsp3) is 0.909. The summed E-state index contributed by atoms with van der Waals surface area (Å²) in [7, 11) is 0. The summed E-state index contributed by atoms with van der Waals surface area (Å²) in [5, 5.41) is 0. The summed E-state index contributed by atoms with van der Waals surface area (Å²) in [5.74, 6) is 6.17. The van der Waals surface area contributed by atoms with Crippen LogP contribution < -0.4 is 0 Å². The molecule has 2 atom stereocenters. The maximum atomic E-state index is 6.08. The molecule has 2 saturated carbocycles. The normalized spacial score (nSPS) is 29.4. The van der Waals surface area contributed by atoms with Crippen LogP contribution >= 0.6 is 0 Å². The van der Waals surface area contributed by atoms with Crippen molar-refractivity contribution in [2.75, 3.05) is 13.2 Å². The van der Waals surface area contributed by atoms with Gasteiger partial charge >= 0.3 is 0 Å². The van der Waals surface area contributed by atoms with E-state index >= 15 is 0 Å². The standard InChI is InChI=1S/C44H78O/c1-3-5-7-11-37-15-23-41(24-16-37)31-33-43-27-19-39(20-28-43)13-9-35-45-36-10-14-40-21-29-44(30-22-40)34-32-42-25-17-38(18-26-42)12-8-6-4-2/h19,21,37-38,41-44H,3-18,20,22-36H2,1-2H3. The molecule has 4 rings (SSSR count). The smallest absolute Gasteiger partial charge is 0.0469 e. The van der Waals surface area contributed by atoms with E-state index in [2.05, 4.69) is 26.0 Å². The predicted octanol–water partition coefficient (Wildman–Crippen LogP) is 14.4. The first-order chi connectivity index (χ1) is 22.2. The maximum Gasteiger partial charge on any atom is 0.0469 e. The van der Waals surface area contributed by atoms with Crippen LogP contribution in [0.25, 0.3) is 0 Å². The zero-order valence-electron chi connectivity index (χ0n) is 30.7. The van der Waals surface area contributed by atoms with Gasteiger partial charge in [-0.25, -0.2) is 0 Å². The van der Waals surface area contributed by atoms with E-state index in [9.17, 15) is 0 Å². The second kappa shape index (κ2) is 22.9. The monoisotopic (exact) mass is 623 g/mol. The van der Waals surface area contributed by atoms with Crippen molar-refractivity contribution >= 4 is 0 Å².